The van der Waals surface area contributed by atoms with Gasteiger partial charge in [-0.3, -0.25) is 4.98 Å². The molecular formula is C24H26N2O4. The third kappa shape index (κ3) is 4.59. The number of benzene rings is 2. The number of carbonyl (C=O) groups excluding carboxylic acids is 2. The lowest BCUT2D eigenvalue weighted by Gasteiger charge is -2.16. The van der Waals surface area contributed by atoms with Crippen molar-refractivity contribution < 1.29 is 19.1 Å². The van der Waals surface area contributed by atoms with Crippen molar-refractivity contribution in [2.24, 2.45) is 0 Å². The molecule has 3 rings (SSSR count). The van der Waals surface area contributed by atoms with Gasteiger partial charge >= 0.3 is 11.9 Å². The smallest absolute Gasteiger partial charge is 0.341 e. The zero-order valence-corrected chi connectivity index (χ0v) is 17.7. The van der Waals surface area contributed by atoms with E-state index in [9.17, 15) is 9.59 Å². The Hall–Kier alpha value is -3.41. The monoisotopic (exact) mass is 406 g/mol. The fraction of sp³-hybridized carbons (Fsp3) is 0.292. The van der Waals surface area contributed by atoms with Gasteiger partial charge in [-0.25, -0.2) is 9.59 Å². The Balaban J connectivity index is 2.02. The van der Waals surface area contributed by atoms with Crippen LogP contribution in [-0.2, 0) is 15.9 Å². The topological polar surface area (TPSA) is 77.5 Å². The second-order valence-corrected chi connectivity index (χ2v) is 7.09. The highest BCUT2D eigenvalue weighted by atomic mass is 16.5. The van der Waals surface area contributed by atoms with Gasteiger partial charge in [0, 0.05) is 17.3 Å². The second kappa shape index (κ2) is 9.39. The van der Waals surface area contributed by atoms with Gasteiger partial charge in [-0.1, -0.05) is 25.1 Å². The molecule has 3 aromatic rings. The molecule has 0 aliphatic rings. The van der Waals surface area contributed by atoms with Crippen molar-refractivity contribution >= 4 is 34.2 Å². The predicted molar refractivity (Wildman–Crippen MR) is 117 cm³/mol. The van der Waals surface area contributed by atoms with Gasteiger partial charge in [-0.2, -0.15) is 0 Å². The van der Waals surface area contributed by atoms with E-state index in [1.807, 2.05) is 32.0 Å². The highest BCUT2D eigenvalue weighted by Crippen LogP contribution is 2.31. The standard InChI is InChI=1S/C24H26N2O4/c1-5-16-8-7-9-19-21(16)25-14-20(24(28)29-6-2)22(19)26-18-12-10-17(11-13-18)23(27)30-15(3)4/h7-15H,5-6H2,1-4H3,(H,25,26). The van der Waals surface area contributed by atoms with Gasteiger partial charge in [0.25, 0.3) is 0 Å². The van der Waals surface area contributed by atoms with Crippen molar-refractivity contribution in [1.82, 2.24) is 4.98 Å². The first-order valence-corrected chi connectivity index (χ1v) is 10.1. The van der Waals surface area contributed by atoms with Gasteiger partial charge in [-0.05, 0) is 57.0 Å². The van der Waals surface area contributed by atoms with Crippen molar-refractivity contribution in [2.45, 2.75) is 40.2 Å². The summed E-state index contributed by atoms with van der Waals surface area (Å²) in [5.41, 5.74) is 4.13. The first kappa shape index (κ1) is 21.3. The molecule has 0 amide bonds. The summed E-state index contributed by atoms with van der Waals surface area (Å²) in [6.07, 6.45) is 2.20. The lowest BCUT2D eigenvalue weighted by Crippen LogP contribution is -2.11. The summed E-state index contributed by atoms with van der Waals surface area (Å²) in [6, 6.07) is 12.9. The Bertz CT molecular complexity index is 1060. The highest BCUT2D eigenvalue weighted by molar-refractivity contribution is 6.06. The number of pyridine rings is 1. The molecular weight excluding hydrogens is 380 g/mol. The molecule has 0 aliphatic carbocycles. The summed E-state index contributed by atoms with van der Waals surface area (Å²) in [5, 5.41) is 4.16. The molecule has 0 aliphatic heterocycles. The van der Waals surface area contributed by atoms with E-state index in [1.165, 1.54) is 0 Å². The number of hydrogen-bond donors (Lipinski definition) is 1. The molecule has 0 spiro atoms. The van der Waals surface area contributed by atoms with Crippen LogP contribution in [-0.4, -0.2) is 29.6 Å². The minimum atomic E-state index is -0.437. The van der Waals surface area contributed by atoms with Crippen molar-refractivity contribution in [2.75, 3.05) is 11.9 Å². The number of anilines is 2. The van der Waals surface area contributed by atoms with Crippen LogP contribution in [0.2, 0.25) is 0 Å². The third-order valence-corrected chi connectivity index (χ3v) is 4.59. The number of fused-ring (bicyclic) bond motifs is 1. The number of aromatic nitrogens is 1. The molecule has 1 aromatic heterocycles. The first-order chi connectivity index (χ1) is 14.4. The molecule has 0 radical (unpaired) electrons. The maximum absolute atomic E-state index is 12.5. The van der Waals surface area contributed by atoms with E-state index < -0.39 is 5.97 Å². The van der Waals surface area contributed by atoms with Crippen LogP contribution in [0.4, 0.5) is 11.4 Å². The van der Waals surface area contributed by atoms with E-state index in [-0.39, 0.29) is 18.7 Å². The van der Waals surface area contributed by atoms with Crippen molar-refractivity contribution in [3.8, 4) is 0 Å². The van der Waals surface area contributed by atoms with Crippen LogP contribution < -0.4 is 5.32 Å². The van der Waals surface area contributed by atoms with Crippen molar-refractivity contribution in [1.29, 1.82) is 0 Å². The molecule has 0 unspecified atom stereocenters. The number of carbonyl (C=O) groups is 2. The van der Waals surface area contributed by atoms with Crippen LogP contribution in [0.3, 0.4) is 0 Å². The average molecular weight is 406 g/mol. The molecule has 0 fully saturated rings. The summed E-state index contributed by atoms with van der Waals surface area (Å²) in [5.74, 6) is -0.806. The number of hydrogen-bond acceptors (Lipinski definition) is 6. The zero-order valence-electron chi connectivity index (χ0n) is 17.7. The minimum absolute atomic E-state index is 0.182. The number of para-hydroxylation sites is 1. The van der Waals surface area contributed by atoms with Gasteiger partial charge in [0.2, 0.25) is 0 Å². The SMILES string of the molecule is CCOC(=O)c1cnc2c(CC)cccc2c1Nc1ccc(C(=O)OC(C)C)cc1. The molecule has 0 saturated heterocycles. The van der Waals surface area contributed by atoms with E-state index in [2.05, 4.69) is 17.2 Å². The van der Waals surface area contributed by atoms with Gasteiger partial charge in [0.15, 0.2) is 0 Å². The van der Waals surface area contributed by atoms with E-state index in [4.69, 9.17) is 9.47 Å². The molecule has 6 nitrogen and oxygen atoms in total. The summed E-state index contributed by atoms with van der Waals surface area (Å²) in [6.45, 7) is 7.73. The Morgan fingerprint density at radius 1 is 1.03 bits per heavy atom. The molecule has 30 heavy (non-hydrogen) atoms. The highest BCUT2D eigenvalue weighted by Gasteiger charge is 2.18. The van der Waals surface area contributed by atoms with Gasteiger partial charge in [-0.15, -0.1) is 0 Å². The summed E-state index contributed by atoms with van der Waals surface area (Å²) in [7, 11) is 0. The van der Waals surface area contributed by atoms with E-state index in [0.29, 0.717) is 16.8 Å². The number of aryl methyl sites for hydroxylation is 1. The van der Waals surface area contributed by atoms with Crippen LogP contribution in [0.15, 0.2) is 48.7 Å². The Morgan fingerprint density at radius 3 is 2.40 bits per heavy atom. The number of esters is 2. The van der Waals surface area contributed by atoms with E-state index >= 15 is 0 Å². The summed E-state index contributed by atoms with van der Waals surface area (Å²) in [4.78, 5) is 29.1. The summed E-state index contributed by atoms with van der Waals surface area (Å²) < 4.78 is 10.4. The van der Waals surface area contributed by atoms with Crippen molar-refractivity contribution in [3.05, 3.63) is 65.4 Å². The third-order valence-electron chi connectivity index (χ3n) is 4.59. The van der Waals surface area contributed by atoms with E-state index in [1.54, 1.807) is 37.4 Å². The van der Waals surface area contributed by atoms with Crippen molar-refractivity contribution in [3.63, 3.8) is 0 Å². The van der Waals surface area contributed by atoms with Gasteiger partial charge in [0.05, 0.1) is 29.5 Å². The number of rotatable bonds is 7. The fourth-order valence-corrected chi connectivity index (χ4v) is 3.18. The fourth-order valence-electron chi connectivity index (χ4n) is 3.18. The quantitative estimate of drug-likeness (QED) is 0.538. The summed E-state index contributed by atoms with van der Waals surface area (Å²) >= 11 is 0. The Labute approximate surface area is 176 Å². The maximum Gasteiger partial charge on any atom is 0.341 e. The number of ether oxygens (including phenoxy) is 2. The Kier molecular flexibility index (Phi) is 6.67. The van der Waals surface area contributed by atoms with Gasteiger partial charge in [0.1, 0.15) is 5.56 Å². The molecule has 2 aromatic carbocycles. The Morgan fingerprint density at radius 2 is 1.77 bits per heavy atom. The molecule has 0 saturated carbocycles. The molecule has 6 heteroatoms. The lowest BCUT2D eigenvalue weighted by atomic mass is 10.0. The normalized spacial score (nSPS) is 10.8. The molecule has 0 bridgehead atoms. The molecule has 1 N–H and O–H groups in total. The first-order valence-electron chi connectivity index (χ1n) is 10.1. The van der Waals surface area contributed by atoms with Crippen LogP contribution in [0.5, 0.6) is 0 Å². The zero-order chi connectivity index (χ0) is 21.7. The molecule has 0 atom stereocenters. The van der Waals surface area contributed by atoms with Crippen LogP contribution >= 0.6 is 0 Å². The largest absolute Gasteiger partial charge is 0.462 e. The molecule has 156 valence electrons. The van der Waals surface area contributed by atoms with Crippen LogP contribution in [0.25, 0.3) is 10.9 Å². The minimum Gasteiger partial charge on any atom is -0.462 e. The predicted octanol–water partition coefficient (Wildman–Crippen LogP) is 5.28. The van der Waals surface area contributed by atoms with Gasteiger partial charge < -0.3 is 14.8 Å². The van der Waals surface area contributed by atoms with Crippen LogP contribution in [0.1, 0.15) is 54.0 Å². The second-order valence-electron chi connectivity index (χ2n) is 7.09. The van der Waals surface area contributed by atoms with Crippen LogP contribution in [0, 0.1) is 0 Å². The van der Waals surface area contributed by atoms with E-state index in [0.717, 1.165) is 28.6 Å². The number of nitrogens with one attached hydrogen (secondary N) is 1. The lowest BCUT2D eigenvalue weighted by molar-refractivity contribution is 0.0377. The number of nitrogens with zero attached hydrogens (tertiary/aromatic N) is 1. The maximum atomic E-state index is 12.5. The molecule has 1 heterocycles. The average Bonchev–Trinajstić information content (AvgIpc) is 2.73.